The van der Waals surface area contributed by atoms with Gasteiger partial charge < -0.3 is 24.2 Å². The average molecular weight is 365 g/mol. The number of phenolic OH excluding ortho intramolecular Hbond substituents is 1. The maximum atomic E-state index is 13.4. The van der Waals surface area contributed by atoms with Crippen LogP contribution in [-0.4, -0.2) is 25.4 Å². The number of methoxy groups -OCH3 is 1. The van der Waals surface area contributed by atoms with E-state index in [1.807, 2.05) is 12.1 Å². The van der Waals surface area contributed by atoms with Crippen molar-refractivity contribution >= 4 is 13.3 Å². The SMILES string of the molecule is CCOP(=O)(OCC)C(Nc1cccc(O)c1)c1ccc(OC)cc1. The minimum absolute atomic E-state index is 0.112. The van der Waals surface area contributed by atoms with Crippen LogP contribution in [0.2, 0.25) is 0 Å². The third-order valence-corrected chi connectivity index (χ3v) is 5.81. The molecule has 2 N–H and O–H groups in total. The Morgan fingerprint density at radius 3 is 2.24 bits per heavy atom. The van der Waals surface area contributed by atoms with Gasteiger partial charge in [-0.05, 0) is 43.7 Å². The third-order valence-electron chi connectivity index (χ3n) is 3.52. The van der Waals surface area contributed by atoms with Crippen molar-refractivity contribution in [3.8, 4) is 11.5 Å². The van der Waals surface area contributed by atoms with Crippen molar-refractivity contribution in [1.82, 2.24) is 0 Å². The van der Waals surface area contributed by atoms with Gasteiger partial charge in [-0.15, -0.1) is 0 Å². The summed E-state index contributed by atoms with van der Waals surface area (Å²) >= 11 is 0. The van der Waals surface area contributed by atoms with Crippen molar-refractivity contribution in [2.24, 2.45) is 0 Å². The van der Waals surface area contributed by atoms with Crippen LogP contribution < -0.4 is 10.1 Å². The molecule has 1 atom stereocenters. The molecule has 0 heterocycles. The van der Waals surface area contributed by atoms with Crippen LogP contribution in [0.4, 0.5) is 5.69 Å². The van der Waals surface area contributed by atoms with Gasteiger partial charge in [0, 0.05) is 11.8 Å². The minimum atomic E-state index is -3.49. The van der Waals surface area contributed by atoms with Gasteiger partial charge in [0.2, 0.25) is 0 Å². The minimum Gasteiger partial charge on any atom is -0.508 e. The number of anilines is 1. The molecule has 0 bridgehead atoms. The second-order valence-corrected chi connectivity index (χ2v) is 7.36. The fourth-order valence-corrected chi connectivity index (χ4v) is 4.37. The van der Waals surface area contributed by atoms with Crippen LogP contribution in [0.1, 0.15) is 25.2 Å². The number of hydrogen-bond donors (Lipinski definition) is 2. The summed E-state index contributed by atoms with van der Waals surface area (Å²) in [5.74, 6) is 0.0868. The van der Waals surface area contributed by atoms with E-state index in [0.717, 1.165) is 5.56 Å². The zero-order valence-electron chi connectivity index (χ0n) is 14.6. The summed E-state index contributed by atoms with van der Waals surface area (Å²) in [7, 11) is -1.90. The molecule has 7 heteroatoms. The van der Waals surface area contributed by atoms with Gasteiger partial charge in [-0.3, -0.25) is 4.57 Å². The van der Waals surface area contributed by atoms with Crippen molar-refractivity contribution in [1.29, 1.82) is 0 Å². The number of benzene rings is 2. The lowest BCUT2D eigenvalue weighted by atomic mass is 10.2. The molecule has 0 aliphatic rings. The molecule has 25 heavy (non-hydrogen) atoms. The van der Waals surface area contributed by atoms with E-state index < -0.39 is 13.4 Å². The number of hydrogen-bond acceptors (Lipinski definition) is 6. The van der Waals surface area contributed by atoms with Gasteiger partial charge in [0.05, 0.1) is 20.3 Å². The molecule has 136 valence electrons. The Morgan fingerprint density at radius 2 is 1.72 bits per heavy atom. The molecule has 0 spiro atoms. The predicted octanol–water partition coefficient (Wildman–Crippen LogP) is 4.78. The summed E-state index contributed by atoms with van der Waals surface area (Å²) < 4.78 is 29.6. The van der Waals surface area contributed by atoms with Crippen LogP contribution in [-0.2, 0) is 13.6 Å². The van der Waals surface area contributed by atoms with E-state index in [1.54, 1.807) is 57.4 Å². The molecule has 1 unspecified atom stereocenters. The molecular formula is C18H24NO5P. The highest BCUT2D eigenvalue weighted by Crippen LogP contribution is 2.60. The van der Waals surface area contributed by atoms with Gasteiger partial charge in [-0.2, -0.15) is 0 Å². The lowest BCUT2D eigenvalue weighted by molar-refractivity contribution is 0.214. The molecule has 0 saturated heterocycles. The average Bonchev–Trinajstić information content (AvgIpc) is 2.60. The van der Waals surface area contributed by atoms with E-state index in [2.05, 4.69) is 5.32 Å². The van der Waals surface area contributed by atoms with Crippen LogP contribution in [0.25, 0.3) is 0 Å². The van der Waals surface area contributed by atoms with Crippen LogP contribution in [0.15, 0.2) is 48.5 Å². The predicted molar refractivity (Wildman–Crippen MR) is 98.3 cm³/mol. The van der Waals surface area contributed by atoms with E-state index in [1.165, 1.54) is 0 Å². The molecule has 0 fully saturated rings. The van der Waals surface area contributed by atoms with Crippen LogP contribution in [0.5, 0.6) is 11.5 Å². The van der Waals surface area contributed by atoms with Crippen molar-refractivity contribution < 1.29 is 23.5 Å². The molecule has 2 rings (SSSR count). The van der Waals surface area contributed by atoms with Gasteiger partial charge in [0.25, 0.3) is 0 Å². The highest BCUT2D eigenvalue weighted by atomic mass is 31.2. The maximum absolute atomic E-state index is 13.4. The molecular weight excluding hydrogens is 341 g/mol. The van der Waals surface area contributed by atoms with E-state index in [0.29, 0.717) is 11.4 Å². The lowest BCUT2D eigenvalue weighted by Crippen LogP contribution is -2.15. The van der Waals surface area contributed by atoms with Crippen molar-refractivity contribution in [3.63, 3.8) is 0 Å². The quantitative estimate of drug-likeness (QED) is 0.623. The topological polar surface area (TPSA) is 77.0 Å². The van der Waals surface area contributed by atoms with Gasteiger partial charge in [-0.25, -0.2) is 0 Å². The Balaban J connectivity index is 2.43. The van der Waals surface area contributed by atoms with E-state index >= 15 is 0 Å². The second kappa shape index (κ2) is 8.90. The molecule has 0 aliphatic heterocycles. The highest BCUT2D eigenvalue weighted by molar-refractivity contribution is 7.54. The molecule has 0 radical (unpaired) electrons. The molecule has 2 aromatic carbocycles. The summed E-state index contributed by atoms with van der Waals surface area (Å²) in [5.41, 5.74) is 1.34. The van der Waals surface area contributed by atoms with E-state index in [4.69, 9.17) is 13.8 Å². The zero-order chi connectivity index (χ0) is 18.3. The van der Waals surface area contributed by atoms with Crippen LogP contribution >= 0.6 is 7.60 Å². The van der Waals surface area contributed by atoms with Crippen molar-refractivity contribution in [3.05, 3.63) is 54.1 Å². The van der Waals surface area contributed by atoms with Gasteiger partial charge in [0.15, 0.2) is 5.78 Å². The maximum Gasteiger partial charge on any atom is 0.357 e. The summed E-state index contributed by atoms with van der Waals surface area (Å²) in [4.78, 5) is 0. The molecule has 6 nitrogen and oxygen atoms in total. The number of rotatable bonds is 9. The fraction of sp³-hybridized carbons (Fsp3) is 0.333. The fourth-order valence-electron chi connectivity index (χ4n) is 2.43. The molecule has 2 aromatic rings. The first-order valence-electron chi connectivity index (χ1n) is 8.10. The first-order valence-corrected chi connectivity index (χ1v) is 9.72. The second-order valence-electron chi connectivity index (χ2n) is 5.25. The van der Waals surface area contributed by atoms with Crippen molar-refractivity contribution in [2.75, 3.05) is 25.6 Å². The zero-order valence-corrected chi connectivity index (χ0v) is 15.5. The van der Waals surface area contributed by atoms with Gasteiger partial charge in [-0.1, -0.05) is 18.2 Å². The number of nitrogens with one attached hydrogen (secondary N) is 1. The first kappa shape index (κ1) is 19.3. The Bertz CT molecular complexity index is 710. The summed E-state index contributed by atoms with van der Waals surface area (Å²) in [5, 5.41) is 12.9. The summed E-state index contributed by atoms with van der Waals surface area (Å²) in [6.07, 6.45) is 0. The number of phenols is 1. The lowest BCUT2D eigenvalue weighted by Gasteiger charge is -2.28. The standard InChI is InChI=1S/C18H24NO5P/c1-4-23-25(21,24-5-2)18(14-9-11-17(22-3)12-10-14)19-15-7-6-8-16(20)13-15/h6-13,18-20H,4-5H2,1-3H3. The Kier molecular flexibility index (Phi) is 6.88. The third kappa shape index (κ3) is 4.98. The Labute approximate surface area is 148 Å². The normalized spacial score (nSPS) is 12.6. The van der Waals surface area contributed by atoms with E-state index in [9.17, 15) is 9.67 Å². The smallest absolute Gasteiger partial charge is 0.357 e. The largest absolute Gasteiger partial charge is 0.508 e. The number of aromatic hydroxyl groups is 1. The van der Waals surface area contributed by atoms with E-state index in [-0.39, 0.29) is 19.0 Å². The monoisotopic (exact) mass is 365 g/mol. The van der Waals surface area contributed by atoms with Crippen molar-refractivity contribution in [2.45, 2.75) is 19.6 Å². The number of ether oxygens (including phenoxy) is 1. The molecule has 0 amide bonds. The Hall–Kier alpha value is -2.01. The highest BCUT2D eigenvalue weighted by Gasteiger charge is 2.37. The molecule has 0 aliphatic carbocycles. The van der Waals surface area contributed by atoms with Gasteiger partial charge in [0.1, 0.15) is 11.5 Å². The van der Waals surface area contributed by atoms with Crippen LogP contribution in [0, 0.1) is 0 Å². The molecule has 0 saturated carbocycles. The molecule has 0 aromatic heterocycles. The van der Waals surface area contributed by atoms with Gasteiger partial charge >= 0.3 is 7.60 Å². The summed E-state index contributed by atoms with van der Waals surface area (Å²) in [6.45, 7) is 4.05. The summed E-state index contributed by atoms with van der Waals surface area (Å²) in [6, 6.07) is 13.8. The Morgan fingerprint density at radius 1 is 1.08 bits per heavy atom. The van der Waals surface area contributed by atoms with Crippen LogP contribution in [0.3, 0.4) is 0 Å². The first-order chi connectivity index (χ1) is 12.0.